The summed E-state index contributed by atoms with van der Waals surface area (Å²) in [6.45, 7) is 0. The molecule has 0 fully saturated rings. The predicted molar refractivity (Wildman–Crippen MR) is 217 cm³/mol. The van der Waals surface area contributed by atoms with Crippen LogP contribution in [0, 0.1) is 0 Å². The quantitative estimate of drug-likeness (QED) is 0.176. The summed E-state index contributed by atoms with van der Waals surface area (Å²) in [5, 5.41) is 4.46. The normalized spacial score (nSPS) is 11.4. The van der Waals surface area contributed by atoms with Crippen LogP contribution in [0.5, 0.6) is 0 Å². The molecule has 0 saturated heterocycles. The van der Waals surface area contributed by atoms with E-state index in [1.807, 2.05) is 60.7 Å². The first-order chi connectivity index (χ1) is 26.3. The van der Waals surface area contributed by atoms with E-state index in [1.54, 1.807) is 0 Å². The van der Waals surface area contributed by atoms with E-state index in [9.17, 15) is 0 Å². The SMILES string of the molecule is c1ccc(-c2nc(-c3ccccc3)nc(-c3ccc(-c4ccc5oc6c7ccccc7c(-c7ccccc7-c7ccccc7)cc6c5c4)cc3)n2)cc1. The highest BCUT2D eigenvalue weighted by Gasteiger charge is 2.18. The Morgan fingerprint density at radius 1 is 0.283 bits per heavy atom. The van der Waals surface area contributed by atoms with Crippen LogP contribution in [0.4, 0.5) is 0 Å². The molecule has 4 heteroatoms. The Balaban J connectivity index is 1.08. The molecule has 0 N–H and O–H groups in total. The molecule has 0 atom stereocenters. The maximum absolute atomic E-state index is 6.61. The average molecular weight is 678 g/mol. The number of benzene rings is 8. The Morgan fingerprint density at radius 2 is 0.755 bits per heavy atom. The molecule has 2 heterocycles. The molecule has 0 aliphatic rings. The first-order valence-corrected chi connectivity index (χ1v) is 17.8. The van der Waals surface area contributed by atoms with E-state index in [0.29, 0.717) is 17.5 Å². The smallest absolute Gasteiger partial charge is 0.164 e. The standard InChI is InChI=1S/C49H31N3O/c1-4-14-33(15-5-1)38-20-10-11-21-39(38)42-31-44-43-30-37(28-29-45(43)53-46(44)41-23-13-12-22-40(41)42)32-24-26-36(27-25-32)49-51-47(34-16-6-2-7-17-34)50-48(52-49)35-18-8-3-9-19-35/h1-31H. The van der Waals surface area contributed by atoms with Gasteiger partial charge in [0.1, 0.15) is 11.2 Å². The summed E-state index contributed by atoms with van der Waals surface area (Å²) in [4.78, 5) is 14.7. The van der Waals surface area contributed by atoms with Gasteiger partial charge in [-0.25, -0.2) is 15.0 Å². The maximum atomic E-state index is 6.61. The van der Waals surface area contributed by atoms with Crippen LogP contribution in [0.15, 0.2) is 192 Å². The Bertz CT molecular complexity index is 2860. The van der Waals surface area contributed by atoms with Crippen molar-refractivity contribution < 1.29 is 4.42 Å². The van der Waals surface area contributed by atoms with Gasteiger partial charge in [0.05, 0.1) is 0 Å². The summed E-state index contributed by atoms with van der Waals surface area (Å²) < 4.78 is 6.61. The Kier molecular flexibility index (Phi) is 7.43. The first kappa shape index (κ1) is 30.6. The topological polar surface area (TPSA) is 51.8 Å². The number of fused-ring (bicyclic) bond motifs is 5. The third-order valence-corrected chi connectivity index (χ3v) is 9.95. The van der Waals surface area contributed by atoms with E-state index in [1.165, 1.54) is 27.6 Å². The minimum absolute atomic E-state index is 0.635. The van der Waals surface area contributed by atoms with Crippen molar-refractivity contribution >= 4 is 32.7 Å². The van der Waals surface area contributed by atoms with Crippen LogP contribution in [0.2, 0.25) is 0 Å². The minimum atomic E-state index is 0.635. The average Bonchev–Trinajstić information content (AvgIpc) is 3.62. The van der Waals surface area contributed by atoms with E-state index in [2.05, 4.69) is 127 Å². The van der Waals surface area contributed by atoms with Crippen LogP contribution < -0.4 is 0 Å². The number of rotatable bonds is 6. The second-order valence-electron chi connectivity index (χ2n) is 13.2. The van der Waals surface area contributed by atoms with Crippen LogP contribution in [0.1, 0.15) is 0 Å². The zero-order valence-electron chi connectivity index (χ0n) is 28.6. The second-order valence-corrected chi connectivity index (χ2v) is 13.2. The highest BCUT2D eigenvalue weighted by molar-refractivity contribution is 6.20. The molecule has 248 valence electrons. The van der Waals surface area contributed by atoms with Crippen LogP contribution >= 0.6 is 0 Å². The maximum Gasteiger partial charge on any atom is 0.164 e. The predicted octanol–water partition coefficient (Wildman–Crippen LogP) is 12.9. The highest BCUT2D eigenvalue weighted by atomic mass is 16.3. The van der Waals surface area contributed by atoms with Gasteiger partial charge in [-0.15, -0.1) is 0 Å². The van der Waals surface area contributed by atoms with E-state index < -0.39 is 0 Å². The summed E-state index contributed by atoms with van der Waals surface area (Å²) in [5.41, 5.74) is 11.6. The fraction of sp³-hybridized carbons (Fsp3) is 0. The van der Waals surface area contributed by atoms with Crippen molar-refractivity contribution in [1.29, 1.82) is 0 Å². The number of nitrogens with zero attached hydrogens (tertiary/aromatic N) is 3. The highest BCUT2D eigenvalue weighted by Crippen LogP contribution is 2.43. The summed E-state index contributed by atoms with van der Waals surface area (Å²) in [6.07, 6.45) is 0. The minimum Gasteiger partial charge on any atom is -0.455 e. The summed E-state index contributed by atoms with van der Waals surface area (Å²) in [6, 6.07) is 65.2. The molecule has 2 aromatic heterocycles. The summed E-state index contributed by atoms with van der Waals surface area (Å²) in [5.74, 6) is 1.93. The van der Waals surface area contributed by atoms with Crippen molar-refractivity contribution in [3.8, 4) is 67.5 Å². The summed E-state index contributed by atoms with van der Waals surface area (Å²) in [7, 11) is 0. The first-order valence-electron chi connectivity index (χ1n) is 17.8. The number of furan rings is 1. The van der Waals surface area contributed by atoms with Crippen molar-refractivity contribution in [1.82, 2.24) is 15.0 Å². The molecule has 10 aromatic rings. The molecular weight excluding hydrogens is 647 g/mol. The molecule has 0 unspecified atom stereocenters. The van der Waals surface area contributed by atoms with E-state index in [4.69, 9.17) is 19.4 Å². The van der Waals surface area contributed by atoms with Gasteiger partial charge in [0.15, 0.2) is 17.5 Å². The number of hydrogen-bond donors (Lipinski definition) is 0. The molecule has 0 bridgehead atoms. The fourth-order valence-electron chi connectivity index (χ4n) is 7.34. The molecule has 0 saturated carbocycles. The lowest BCUT2D eigenvalue weighted by molar-refractivity contribution is 0.673. The van der Waals surface area contributed by atoms with Crippen LogP contribution in [-0.2, 0) is 0 Å². The van der Waals surface area contributed by atoms with Crippen molar-refractivity contribution in [3.63, 3.8) is 0 Å². The lowest BCUT2D eigenvalue weighted by atomic mass is 9.90. The molecular formula is C49H31N3O. The van der Waals surface area contributed by atoms with Crippen LogP contribution in [0.3, 0.4) is 0 Å². The number of aromatic nitrogens is 3. The Labute approximate surface area is 306 Å². The molecule has 53 heavy (non-hydrogen) atoms. The van der Waals surface area contributed by atoms with Gasteiger partial charge in [-0.3, -0.25) is 0 Å². The van der Waals surface area contributed by atoms with Gasteiger partial charge in [0, 0.05) is 32.8 Å². The molecule has 4 nitrogen and oxygen atoms in total. The third kappa shape index (κ3) is 5.54. The van der Waals surface area contributed by atoms with Crippen LogP contribution in [0.25, 0.3) is 100 Å². The fourth-order valence-corrected chi connectivity index (χ4v) is 7.34. The van der Waals surface area contributed by atoms with Gasteiger partial charge in [-0.2, -0.15) is 0 Å². The van der Waals surface area contributed by atoms with Gasteiger partial charge in [0.2, 0.25) is 0 Å². The van der Waals surface area contributed by atoms with Crippen molar-refractivity contribution in [2.24, 2.45) is 0 Å². The van der Waals surface area contributed by atoms with E-state index >= 15 is 0 Å². The molecule has 0 aliphatic heterocycles. The van der Waals surface area contributed by atoms with Gasteiger partial charge in [-0.1, -0.05) is 170 Å². The lowest BCUT2D eigenvalue weighted by Gasteiger charge is -2.13. The van der Waals surface area contributed by atoms with Gasteiger partial charge < -0.3 is 4.42 Å². The zero-order chi connectivity index (χ0) is 35.1. The molecule has 10 rings (SSSR count). The molecule has 8 aromatic carbocycles. The van der Waals surface area contributed by atoms with E-state index in [0.717, 1.165) is 55.1 Å². The second kappa shape index (κ2) is 12.9. The molecule has 0 spiro atoms. The number of hydrogen-bond acceptors (Lipinski definition) is 4. The van der Waals surface area contributed by atoms with Crippen molar-refractivity contribution in [3.05, 3.63) is 188 Å². The molecule has 0 amide bonds. The Hall–Kier alpha value is -7.17. The van der Waals surface area contributed by atoms with Gasteiger partial charge in [-0.05, 0) is 57.0 Å². The van der Waals surface area contributed by atoms with Crippen LogP contribution in [-0.4, -0.2) is 15.0 Å². The Morgan fingerprint density at radius 3 is 1.38 bits per heavy atom. The van der Waals surface area contributed by atoms with Crippen molar-refractivity contribution in [2.45, 2.75) is 0 Å². The van der Waals surface area contributed by atoms with Crippen molar-refractivity contribution in [2.75, 3.05) is 0 Å². The van der Waals surface area contributed by atoms with E-state index in [-0.39, 0.29) is 0 Å². The zero-order valence-corrected chi connectivity index (χ0v) is 28.6. The third-order valence-electron chi connectivity index (χ3n) is 9.95. The molecule has 0 radical (unpaired) electrons. The summed E-state index contributed by atoms with van der Waals surface area (Å²) >= 11 is 0. The molecule has 0 aliphatic carbocycles. The van der Waals surface area contributed by atoms with Gasteiger partial charge in [0.25, 0.3) is 0 Å². The monoisotopic (exact) mass is 677 g/mol. The largest absolute Gasteiger partial charge is 0.455 e. The van der Waals surface area contributed by atoms with Gasteiger partial charge >= 0.3 is 0 Å². The lowest BCUT2D eigenvalue weighted by Crippen LogP contribution is -2.00.